The first-order valence-electron chi connectivity index (χ1n) is 8.98. The largest absolute Gasteiger partial charge is 0.507 e. The molecule has 0 saturated carbocycles. The number of aliphatic hydroxyl groups is 2. The molecular weight excluding hydrogens is 440 g/mol. The lowest BCUT2D eigenvalue weighted by Gasteiger charge is -2.14. The summed E-state index contributed by atoms with van der Waals surface area (Å²) in [7, 11) is 0. The van der Waals surface area contributed by atoms with Gasteiger partial charge in [0.2, 0.25) is 6.79 Å². The number of aromatic hydroxyl groups is 1. The van der Waals surface area contributed by atoms with E-state index in [4.69, 9.17) is 14.6 Å². The summed E-state index contributed by atoms with van der Waals surface area (Å²) in [5.41, 5.74) is 2.72. The van der Waals surface area contributed by atoms with Gasteiger partial charge in [0.15, 0.2) is 11.5 Å². The van der Waals surface area contributed by atoms with E-state index in [9.17, 15) is 10.2 Å². The van der Waals surface area contributed by atoms with Crippen molar-refractivity contribution < 1.29 is 24.8 Å². The number of aromatic nitrogens is 1. The van der Waals surface area contributed by atoms with Crippen LogP contribution in [0.5, 0.6) is 17.2 Å². The molecule has 29 heavy (non-hydrogen) atoms. The molecule has 0 aliphatic carbocycles. The van der Waals surface area contributed by atoms with E-state index >= 15 is 0 Å². The molecule has 1 aromatic heterocycles. The van der Waals surface area contributed by atoms with E-state index in [1.54, 1.807) is 18.2 Å². The lowest BCUT2D eigenvalue weighted by Crippen LogP contribution is -2.23. The number of phenols is 1. The van der Waals surface area contributed by atoms with Gasteiger partial charge in [-0.2, -0.15) is 0 Å². The molecule has 1 atom stereocenters. The molecule has 2 heterocycles. The molecule has 0 radical (unpaired) electrons. The Balaban J connectivity index is 1.83. The summed E-state index contributed by atoms with van der Waals surface area (Å²) in [6, 6.07) is 14.4. The van der Waals surface area contributed by atoms with E-state index in [1.165, 1.54) is 0 Å². The summed E-state index contributed by atoms with van der Waals surface area (Å²) < 4.78 is 11.9. The molecule has 7 nitrogen and oxygen atoms in total. The first-order chi connectivity index (χ1) is 14.0. The molecule has 0 spiro atoms. The number of pyridine rings is 1. The van der Waals surface area contributed by atoms with Crippen LogP contribution in [0.1, 0.15) is 0 Å². The van der Waals surface area contributed by atoms with Gasteiger partial charge in [-0.1, -0.05) is 28.1 Å². The first-order valence-corrected chi connectivity index (χ1v) is 9.77. The van der Waals surface area contributed by atoms with Crippen LogP contribution in [0.2, 0.25) is 0 Å². The molecule has 1 aliphatic heterocycles. The highest BCUT2D eigenvalue weighted by molar-refractivity contribution is 9.10. The highest BCUT2D eigenvalue weighted by atomic mass is 79.9. The van der Waals surface area contributed by atoms with E-state index in [0.29, 0.717) is 28.6 Å². The quantitative estimate of drug-likeness (QED) is 0.448. The summed E-state index contributed by atoms with van der Waals surface area (Å²) in [4.78, 5) is 4.57. The van der Waals surface area contributed by atoms with Crippen LogP contribution in [0.15, 0.2) is 53.0 Å². The van der Waals surface area contributed by atoms with Crippen LogP contribution in [0.25, 0.3) is 22.4 Å². The van der Waals surface area contributed by atoms with Crippen molar-refractivity contribution in [2.45, 2.75) is 6.10 Å². The van der Waals surface area contributed by atoms with Crippen molar-refractivity contribution in [3.05, 3.63) is 53.0 Å². The van der Waals surface area contributed by atoms with Crippen molar-refractivity contribution in [1.29, 1.82) is 0 Å². The van der Waals surface area contributed by atoms with Crippen molar-refractivity contribution in [2.24, 2.45) is 0 Å². The van der Waals surface area contributed by atoms with E-state index in [1.807, 2.05) is 30.3 Å². The van der Waals surface area contributed by atoms with Gasteiger partial charge in [0.1, 0.15) is 11.6 Å². The number of aliphatic hydroxyl groups excluding tert-OH is 2. The number of halogens is 1. The van der Waals surface area contributed by atoms with Crippen LogP contribution >= 0.6 is 15.9 Å². The molecule has 0 bridgehead atoms. The number of benzene rings is 2. The van der Waals surface area contributed by atoms with Gasteiger partial charge in [-0.3, -0.25) is 0 Å². The molecule has 0 amide bonds. The number of hydrogen-bond acceptors (Lipinski definition) is 7. The Morgan fingerprint density at radius 3 is 2.79 bits per heavy atom. The molecule has 2 aromatic carbocycles. The average Bonchev–Trinajstić information content (AvgIpc) is 3.22. The van der Waals surface area contributed by atoms with Crippen LogP contribution in [0.4, 0.5) is 5.82 Å². The Morgan fingerprint density at radius 2 is 1.97 bits per heavy atom. The van der Waals surface area contributed by atoms with Crippen molar-refractivity contribution >= 4 is 21.7 Å². The zero-order valence-electron chi connectivity index (χ0n) is 15.3. The molecule has 8 heteroatoms. The Morgan fingerprint density at radius 1 is 1.10 bits per heavy atom. The van der Waals surface area contributed by atoms with Crippen LogP contribution in [0.3, 0.4) is 0 Å². The van der Waals surface area contributed by atoms with Crippen LogP contribution in [0, 0.1) is 0 Å². The second-order valence-electron chi connectivity index (χ2n) is 6.54. The maximum Gasteiger partial charge on any atom is 0.231 e. The highest BCUT2D eigenvalue weighted by Gasteiger charge is 2.20. The smallest absolute Gasteiger partial charge is 0.231 e. The number of nitrogens with one attached hydrogen (secondary N) is 1. The summed E-state index contributed by atoms with van der Waals surface area (Å²) in [6.07, 6.45) is -0.916. The molecule has 4 N–H and O–H groups in total. The lowest BCUT2D eigenvalue weighted by atomic mass is 10.0. The second-order valence-corrected chi connectivity index (χ2v) is 7.46. The normalized spacial score (nSPS) is 13.3. The van der Waals surface area contributed by atoms with Crippen molar-refractivity contribution in [3.8, 4) is 39.6 Å². The van der Waals surface area contributed by atoms with Crippen LogP contribution in [-0.2, 0) is 0 Å². The summed E-state index contributed by atoms with van der Waals surface area (Å²) >= 11 is 3.42. The van der Waals surface area contributed by atoms with Crippen molar-refractivity contribution in [1.82, 2.24) is 4.98 Å². The Hall–Kier alpha value is -2.81. The zero-order chi connectivity index (χ0) is 20.4. The molecule has 1 unspecified atom stereocenters. The maximum atomic E-state index is 10.4. The van der Waals surface area contributed by atoms with E-state index in [2.05, 4.69) is 26.2 Å². The molecule has 3 aromatic rings. The van der Waals surface area contributed by atoms with Crippen molar-refractivity contribution in [3.63, 3.8) is 0 Å². The number of para-hydroxylation sites is 1. The molecular formula is C21H19BrN2O5. The Bertz CT molecular complexity index is 1040. The third-order valence-electron chi connectivity index (χ3n) is 4.50. The minimum Gasteiger partial charge on any atom is -0.507 e. The minimum absolute atomic E-state index is 0.0945. The highest BCUT2D eigenvalue weighted by Crippen LogP contribution is 2.43. The fraction of sp³-hybridized carbons (Fsp3) is 0.190. The molecule has 150 valence electrons. The van der Waals surface area contributed by atoms with Gasteiger partial charge >= 0.3 is 0 Å². The van der Waals surface area contributed by atoms with Gasteiger partial charge in [-0.25, -0.2) is 4.98 Å². The molecule has 1 aliphatic rings. The van der Waals surface area contributed by atoms with Gasteiger partial charge in [-0.15, -0.1) is 0 Å². The van der Waals surface area contributed by atoms with Gasteiger partial charge in [0.05, 0.1) is 18.4 Å². The minimum atomic E-state index is -0.916. The number of fused-ring (bicyclic) bond motifs is 1. The Kier molecular flexibility index (Phi) is 5.57. The topological polar surface area (TPSA) is 104 Å². The summed E-state index contributed by atoms with van der Waals surface area (Å²) in [6.45, 7) is -0.0722. The standard InChI is InChI=1S/C21H19BrN2O5/c22-13-4-5-18(27)16(8-13)17-6-12(7-20(24-17)23-9-14(26)10-25)15-2-1-3-19-21(15)29-11-28-19/h1-8,14,25-27H,9-11H2,(H,23,24). The molecule has 0 fully saturated rings. The van der Waals surface area contributed by atoms with Gasteiger partial charge in [0, 0.05) is 22.1 Å². The fourth-order valence-corrected chi connectivity index (χ4v) is 3.43. The van der Waals surface area contributed by atoms with Crippen LogP contribution < -0.4 is 14.8 Å². The lowest BCUT2D eigenvalue weighted by molar-refractivity contribution is 0.105. The predicted octanol–water partition coefficient (Wildman–Crippen LogP) is 3.38. The predicted molar refractivity (Wildman–Crippen MR) is 112 cm³/mol. The van der Waals surface area contributed by atoms with E-state index in [-0.39, 0.29) is 25.7 Å². The van der Waals surface area contributed by atoms with Crippen LogP contribution in [-0.4, -0.2) is 46.4 Å². The molecule has 0 saturated heterocycles. The zero-order valence-corrected chi connectivity index (χ0v) is 16.9. The number of anilines is 1. The third-order valence-corrected chi connectivity index (χ3v) is 4.99. The van der Waals surface area contributed by atoms with Gasteiger partial charge in [-0.05, 0) is 42.0 Å². The summed E-state index contributed by atoms with van der Waals surface area (Å²) in [5.74, 6) is 1.89. The van der Waals surface area contributed by atoms with E-state index in [0.717, 1.165) is 15.6 Å². The first kappa shape index (κ1) is 19.5. The SMILES string of the molecule is OCC(O)CNc1cc(-c2cccc3c2OCO3)cc(-c2cc(Br)ccc2O)n1. The molecule has 4 rings (SSSR count). The number of ether oxygens (including phenoxy) is 2. The maximum absolute atomic E-state index is 10.4. The van der Waals surface area contributed by atoms with Gasteiger partial charge < -0.3 is 30.1 Å². The fourth-order valence-electron chi connectivity index (χ4n) is 3.07. The second kappa shape index (κ2) is 8.28. The number of phenolic OH excluding ortho intramolecular Hbond substituents is 1. The third kappa shape index (κ3) is 4.14. The Labute approximate surface area is 175 Å². The summed E-state index contributed by atoms with van der Waals surface area (Å²) in [5, 5.41) is 32.1. The monoisotopic (exact) mass is 458 g/mol. The van der Waals surface area contributed by atoms with Crippen molar-refractivity contribution in [2.75, 3.05) is 25.3 Å². The average molecular weight is 459 g/mol. The van der Waals surface area contributed by atoms with Gasteiger partial charge in [0.25, 0.3) is 0 Å². The number of nitrogens with zero attached hydrogens (tertiary/aromatic N) is 1. The number of rotatable bonds is 6. The number of hydrogen-bond donors (Lipinski definition) is 4. The van der Waals surface area contributed by atoms with E-state index < -0.39 is 6.10 Å².